The fraction of sp³-hybridized carbons (Fsp3) is 0.692. The van der Waals surface area contributed by atoms with E-state index in [4.69, 9.17) is 0 Å². The van der Waals surface area contributed by atoms with Gasteiger partial charge in [-0.15, -0.1) is 0 Å². The molecule has 1 saturated carbocycles. The summed E-state index contributed by atoms with van der Waals surface area (Å²) < 4.78 is 0. The average molecular weight is 234 g/mol. The maximum absolute atomic E-state index is 4.37. The highest BCUT2D eigenvalue weighted by Gasteiger charge is 2.20. The largest absolute Gasteiger partial charge is 0.352 e. The summed E-state index contributed by atoms with van der Waals surface area (Å²) in [6.07, 6.45) is 7.87. The predicted octanol–water partition coefficient (Wildman–Crippen LogP) is 2.15. The van der Waals surface area contributed by atoms with E-state index in [-0.39, 0.29) is 5.54 Å². The minimum absolute atomic E-state index is 0.0516. The lowest BCUT2D eigenvalue weighted by Crippen LogP contribution is -2.43. The number of aromatic nitrogens is 2. The maximum Gasteiger partial charge on any atom is 0.222 e. The lowest BCUT2D eigenvalue weighted by atomic mass is 9.81. The topological polar surface area (TPSA) is 49.8 Å². The van der Waals surface area contributed by atoms with Gasteiger partial charge in [-0.25, -0.2) is 9.97 Å². The Bertz CT molecular complexity index is 354. The molecule has 0 unspecified atom stereocenters. The lowest BCUT2D eigenvalue weighted by Gasteiger charge is -2.26. The molecule has 1 fully saturated rings. The third-order valence-corrected chi connectivity index (χ3v) is 3.61. The van der Waals surface area contributed by atoms with Crippen molar-refractivity contribution >= 4 is 5.95 Å². The van der Waals surface area contributed by atoms with E-state index in [1.807, 2.05) is 19.4 Å². The van der Waals surface area contributed by atoms with Gasteiger partial charge in [0, 0.05) is 24.5 Å². The van der Waals surface area contributed by atoms with Crippen molar-refractivity contribution < 1.29 is 0 Å². The van der Waals surface area contributed by atoms with E-state index in [9.17, 15) is 0 Å². The number of hydrogen-bond acceptors (Lipinski definition) is 4. The van der Waals surface area contributed by atoms with E-state index in [0.29, 0.717) is 5.92 Å². The summed E-state index contributed by atoms with van der Waals surface area (Å²) >= 11 is 0. The number of nitrogens with zero attached hydrogens (tertiary/aromatic N) is 2. The van der Waals surface area contributed by atoms with Gasteiger partial charge in [0.05, 0.1) is 0 Å². The Morgan fingerprint density at radius 2 is 1.94 bits per heavy atom. The van der Waals surface area contributed by atoms with Gasteiger partial charge in [0.1, 0.15) is 0 Å². The van der Waals surface area contributed by atoms with Crippen molar-refractivity contribution in [2.24, 2.45) is 0 Å². The summed E-state index contributed by atoms with van der Waals surface area (Å²) in [6, 6.07) is 0. The van der Waals surface area contributed by atoms with Gasteiger partial charge in [-0.3, -0.25) is 0 Å². The summed E-state index contributed by atoms with van der Waals surface area (Å²) in [5, 5.41) is 6.49. The molecule has 1 aliphatic carbocycles. The normalized spacial score (nSPS) is 16.6. The van der Waals surface area contributed by atoms with Gasteiger partial charge in [-0.1, -0.05) is 6.42 Å². The Morgan fingerprint density at radius 1 is 1.29 bits per heavy atom. The van der Waals surface area contributed by atoms with Crippen LogP contribution in [0.2, 0.25) is 0 Å². The van der Waals surface area contributed by atoms with Gasteiger partial charge in [0.25, 0.3) is 0 Å². The van der Waals surface area contributed by atoms with E-state index in [1.54, 1.807) is 0 Å². The smallest absolute Gasteiger partial charge is 0.222 e. The molecule has 1 aromatic heterocycles. The Morgan fingerprint density at radius 3 is 2.41 bits per heavy atom. The van der Waals surface area contributed by atoms with Crippen LogP contribution >= 0.6 is 0 Å². The van der Waals surface area contributed by atoms with Gasteiger partial charge in [-0.2, -0.15) is 0 Å². The second kappa shape index (κ2) is 5.00. The summed E-state index contributed by atoms with van der Waals surface area (Å²) in [6.45, 7) is 5.09. The van der Waals surface area contributed by atoms with E-state index < -0.39 is 0 Å². The molecule has 4 nitrogen and oxygen atoms in total. The molecule has 1 aliphatic rings. The van der Waals surface area contributed by atoms with Crippen molar-refractivity contribution in [2.45, 2.75) is 44.6 Å². The van der Waals surface area contributed by atoms with Crippen LogP contribution in [0.25, 0.3) is 0 Å². The second-order valence-corrected chi connectivity index (χ2v) is 5.46. The molecule has 94 valence electrons. The molecule has 0 bridgehead atoms. The van der Waals surface area contributed by atoms with Gasteiger partial charge in [-0.05, 0) is 45.2 Å². The SMILES string of the molecule is CNC(C)(C)CNc1ncc(C2CCC2)cn1. The van der Waals surface area contributed by atoms with E-state index >= 15 is 0 Å². The Kier molecular flexibility index (Phi) is 3.62. The Labute approximate surface area is 103 Å². The molecule has 0 aliphatic heterocycles. The molecule has 1 aromatic rings. The van der Waals surface area contributed by atoms with E-state index in [0.717, 1.165) is 12.5 Å². The van der Waals surface area contributed by atoms with E-state index in [2.05, 4.69) is 34.4 Å². The zero-order valence-electron chi connectivity index (χ0n) is 11.0. The quantitative estimate of drug-likeness (QED) is 0.819. The van der Waals surface area contributed by atoms with Crippen LogP contribution in [0.15, 0.2) is 12.4 Å². The molecule has 17 heavy (non-hydrogen) atoms. The monoisotopic (exact) mass is 234 g/mol. The van der Waals surface area contributed by atoms with Crippen molar-refractivity contribution in [3.8, 4) is 0 Å². The highest BCUT2D eigenvalue weighted by molar-refractivity contribution is 5.27. The molecule has 0 aromatic carbocycles. The Balaban J connectivity index is 1.89. The van der Waals surface area contributed by atoms with Crippen LogP contribution in [0.1, 0.15) is 44.6 Å². The maximum atomic E-state index is 4.37. The molecule has 0 amide bonds. The molecule has 0 atom stereocenters. The first kappa shape index (κ1) is 12.3. The molecule has 2 N–H and O–H groups in total. The van der Waals surface area contributed by atoms with Crippen LogP contribution in [0.5, 0.6) is 0 Å². The molecular formula is C13H22N4. The van der Waals surface area contributed by atoms with Crippen molar-refractivity contribution in [1.29, 1.82) is 0 Å². The van der Waals surface area contributed by atoms with Crippen molar-refractivity contribution in [1.82, 2.24) is 15.3 Å². The van der Waals surface area contributed by atoms with Gasteiger partial charge < -0.3 is 10.6 Å². The molecule has 1 heterocycles. The fourth-order valence-corrected chi connectivity index (χ4v) is 1.77. The van der Waals surface area contributed by atoms with Crippen LogP contribution in [0.4, 0.5) is 5.95 Å². The lowest BCUT2D eigenvalue weighted by molar-refractivity contribution is 0.417. The third-order valence-electron chi connectivity index (χ3n) is 3.61. The molecular weight excluding hydrogens is 212 g/mol. The minimum Gasteiger partial charge on any atom is -0.352 e. The highest BCUT2D eigenvalue weighted by atomic mass is 15.1. The summed E-state index contributed by atoms with van der Waals surface area (Å²) in [5.74, 6) is 1.43. The molecule has 2 rings (SSSR count). The number of anilines is 1. The number of rotatable bonds is 5. The Hall–Kier alpha value is -1.16. The first-order chi connectivity index (χ1) is 8.11. The molecule has 0 radical (unpaired) electrons. The second-order valence-electron chi connectivity index (χ2n) is 5.46. The van der Waals surface area contributed by atoms with Gasteiger partial charge >= 0.3 is 0 Å². The van der Waals surface area contributed by atoms with Crippen LogP contribution < -0.4 is 10.6 Å². The number of hydrogen-bond donors (Lipinski definition) is 2. The van der Waals surface area contributed by atoms with E-state index in [1.165, 1.54) is 24.8 Å². The first-order valence-electron chi connectivity index (χ1n) is 6.35. The number of nitrogens with one attached hydrogen (secondary N) is 2. The predicted molar refractivity (Wildman–Crippen MR) is 70.3 cm³/mol. The minimum atomic E-state index is 0.0516. The zero-order chi connectivity index (χ0) is 12.3. The summed E-state index contributed by atoms with van der Waals surface area (Å²) in [4.78, 5) is 8.74. The highest BCUT2D eigenvalue weighted by Crippen LogP contribution is 2.35. The molecule has 4 heteroatoms. The van der Waals surface area contributed by atoms with Gasteiger partial charge in [0.15, 0.2) is 0 Å². The standard InChI is InChI=1S/C13H22N4/c1-13(2,14-3)9-17-12-15-7-11(8-16-12)10-5-4-6-10/h7-8,10,14H,4-6,9H2,1-3H3,(H,15,16,17). The molecule has 0 saturated heterocycles. The van der Waals surface area contributed by atoms with Crippen molar-refractivity contribution in [3.05, 3.63) is 18.0 Å². The van der Waals surface area contributed by atoms with Crippen molar-refractivity contribution in [2.75, 3.05) is 18.9 Å². The zero-order valence-corrected chi connectivity index (χ0v) is 11.0. The first-order valence-corrected chi connectivity index (χ1v) is 6.35. The van der Waals surface area contributed by atoms with Crippen molar-refractivity contribution in [3.63, 3.8) is 0 Å². The van der Waals surface area contributed by atoms with Crippen LogP contribution in [-0.4, -0.2) is 29.1 Å². The molecule has 0 spiro atoms. The number of likely N-dealkylation sites (N-methyl/N-ethyl adjacent to an activating group) is 1. The van der Waals surface area contributed by atoms with Gasteiger partial charge in [0.2, 0.25) is 5.95 Å². The van der Waals surface area contributed by atoms with Crippen LogP contribution in [0, 0.1) is 0 Å². The van der Waals surface area contributed by atoms with Crippen LogP contribution in [0.3, 0.4) is 0 Å². The average Bonchev–Trinajstić information content (AvgIpc) is 2.26. The fourth-order valence-electron chi connectivity index (χ4n) is 1.77. The van der Waals surface area contributed by atoms with Crippen LogP contribution in [-0.2, 0) is 0 Å². The third kappa shape index (κ3) is 3.16. The summed E-state index contributed by atoms with van der Waals surface area (Å²) in [7, 11) is 1.96. The summed E-state index contributed by atoms with van der Waals surface area (Å²) in [5.41, 5.74) is 1.34.